The number of carbonyl (C=O) groups is 1. The Kier molecular flexibility index (Phi) is 8.77. The van der Waals surface area contributed by atoms with Gasteiger partial charge in [-0.05, 0) is 86.6 Å². The fourth-order valence-corrected chi connectivity index (χ4v) is 2.83. The second kappa shape index (κ2) is 12.2. The topological polar surface area (TPSA) is 87.8 Å². The predicted octanol–water partition coefficient (Wildman–Crippen LogP) is 7.56. The summed E-state index contributed by atoms with van der Waals surface area (Å²) in [5.74, 6) is 0.0558. The fraction of sp³-hybridized carbons (Fsp3) is 0.240. The van der Waals surface area contributed by atoms with Gasteiger partial charge < -0.3 is 10.1 Å². The molecule has 7 nitrogen and oxygen atoms in total. The molecule has 0 spiro atoms. The molecule has 0 aliphatic heterocycles. The zero-order valence-corrected chi connectivity index (χ0v) is 18.4. The van der Waals surface area contributed by atoms with Crippen molar-refractivity contribution < 1.29 is 9.53 Å². The Balaban J connectivity index is 1.55. The van der Waals surface area contributed by atoms with Crippen molar-refractivity contribution in [1.82, 2.24) is 0 Å². The van der Waals surface area contributed by atoms with Gasteiger partial charge in [0.1, 0.15) is 0 Å². The lowest BCUT2D eigenvalue weighted by molar-refractivity contribution is 0.0896. The first-order valence-electron chi connectivity index (χ1n) is 10.7. The number of hydrogen-bond acceptors (Lipinski definition) is 7. The molecule has 1 N–H and O–H groups in total. The van der Waals surface area contributed by atoms with E-state index in [-0.39, 0.29) is 5.78 Å². The van der Waals surface area contributed by atoms with E-state index in [9.17, 15) is 4.79 Å². The van der Waals surface area contributed by atoms with E-state index in [1.54, 1.807) is 24.3 Å². The van der Waals surface area contributed by atoms with E-state index in [0.717, 1.165) is 23.6 Å². The number of azo groups is 2. The van der Waals surface area contributed by atoms with Crippen molar-refractivity contribution in [3.05, 3.63) is 78.4 Å². The first kappa shape index (κ1) is 23.0. The lowest BCUT2D eigenvalue weighted by Crippen LogP contribution is -2.04. The van der Waals surface area contributed by atoms with Crippen molar-refractivity contribution in [3.63, 3.8) is 0 Å². The minimum atomic E-state index is 0.0558. The van der Waals surface area contributed by atoms with Crippen LogP contribution in [0, 0.1) is 0 Å². The number of Topliss-reactive ketones (excluding diaryl/α,β-unsaturated/α-hetero) is 1. The Morgan fingerprint density at radius 1 is 0.719 bits per heavy atom. The molecule has 0 atom stereocenters. The molecular weight excluding hydrogens is 402 g/mol. The van der Waals surface area contributed by atoms with Crippen LogP contribution in [0.25, 0.3) is 0 Å². The van der Waals surface area contributed by atoms with Crippen LogP contribution in [0.3, 0.4) is 0 Å². The SMILES string of the molecule is CCNc1ccc(N=Nc2ccc(N=Nc3ccc(C(=O)CCOCC)cc3)cc2)cc1. The number of rotatable bonds is 11. The van der Waals surface area contributed by atoms with Gasteiger partial charge in [0.05, 0.1) is 29.4 Å². The number of carbonyl (C=O) groups excluding carboxylic acids is 1. The summed E-state index contributed by atoms with van der Waals surface area (Å²) < 4.78 is 5.23. The van der Waals surface area contributed by atoms with Crippen molar-refractivity contribution in [2.24, 2.45) is 20.5 Å². The van der Waals surface area contributed by atoms with Crippen molar-refractivity contribution in [1.29, 1.82) is 0 Å². The third-order valence-corrected chi connectivity index (χ3v) is 4.53. The highest BCUT2D eigenvalue weighted by Crippen LogP contribution is 2.24. The van der Waals surface area contributed by atoms with E-state index < -0.39 is 0 Å². The molecule has 0 fully saturated rings. The quantitative estimate of drug-likeness (QED) is 0.194. The Morgan fingerprint density at radius 3 is 1.59 bits per heavy atom. The third-order valence-electron chi connectivity index (χ3n) is 4.53. The number of ether oxygens (including phenoxy) is 1. The molecule has 3 rings (SSSR count). The summed E-state index contributed by atoms with van der Waals surface area (Å²) in [5.41, 5.74) is 4.61. The number of nitrogens with zero attached hydrogens (tertiary/aromatic N) is 4. The summed E-state index contributed by atoms with van der Waals surface area (Å²) in [6, 6.07) is 22.2. The van der Waals surface area contributed by atoms with Gasteiger partial charge in [-0.1, -0.05) is 0 Å². The first-order chi connectivity index (χ1) is 15.7. The van der Waals surface area contributed by atoms with Gasteiger partial charge in [0.15, 0.2) is 5.78 Å². The number of benzene rings is 3. The molecule has 0 saturated heterocycles. The Morgan fingerprint density at radius 2 is 1.16 bits per heavy atom. The molecule has 0 radical (unpaired) electrons. The molecule has 0 unspecified atom stereocenters. The van der Waals surface area contributed by atoms with E-state index in [0.29, 0.717) is 36.6 Å². The monoisotopic (exact) mass is 429 g/mol. The largest absolute Gasteiger partial charge is 0.385 e. The fourth-order valence-electron chi connectivity index (χ4n) is 2.83. The van der Waals surface area contributed by atoms with E-state index >= 15 is 0 Å². The van der Waals surface area contributed by atoms with Crippen LogP contribution in [0.1, 0.15) is 30.6 Å². The zero-order chi connectivity index (χ0) is 22.6. The van der Waals surface area contributed by atoms with Gasteiger partial charge in [0, 0.05) is 30.8 Å². The smallest absolute Gasteiger partial charge is 0.165 e. The van der Waals surface area contributed by atoms with E-state index in [4.69, 9.17) is 4.74 Å². The molecule has 32 heavy (non-hydrogen) atoms. The van der Waals surface area contributed by atoms with Crippen LogP contribution in [0.5, 0.6) is 0 Å². The summed E-state index contributed by atoms with van der Waals surface area (Å²) >= 11 is 0. The summed E-state index contributed by atoms with van der Waals surface area (Å²) in [4.78, 5) is 12.1. The third kappa shape index (κ3) is 7.21. The molecule has 0 aromatic heterocycles. The molecule has 0 heterocycles. The van der Waals surface area contributed by atoms with Gasteiger partial charge in [-0.15, -0.1) is 0 Å². The minimum absolute atomic E-state index is 0.0558. The first-order valence-corrected chi connectivity index (χ1v) is 10.7. The van der Waals surface area contributed by atoms with Crippen LogP contribution in [0.4, 0.5) is 28.4 Å². The van der Waals surface area contributed by atoms with Crippen molar-refractivity contribution in [3.8, 4) is 0 Å². The minimum Gasteiger partial charge on any atom is -0.385 e. The normalized spacial score (nSPS) is 11.3. The molecule has 3 aromatic rings. The van der Waals surface area contributed by atoms with Crippen molar-refractivity contribution in [2.75, 3.05) is 25.1 Å². The van der Waals surface area contributed by atoms with Crippen LogP contribution in [0.15, 0.2) is 93.3 Å². The number of hydrogen-bond donors (Lipinski definition) is 1. The molecule has 0 aliphatic rings. The Bertz CT molecular complexity index is 1040. The van der Waals surface area contributed by atoms with Crippen molar-refractivity contribution in [2.45, 2.75) is 20.3 Å². The molecule has 0 saturated carbocycles. The summed E-state index contributed by atoms with van der Waals surface area (Å²) in [6.45, 7) is 5.90. The Hall–Kier alpha value is -3.71. The molecule has 164 valence electrons. The lowest BCUT2D eigenvalue weighted by atomic mass is 10.1. The summed E-state index contributed by atoms with van der Waals surface area (Å²) in [7, 11) is 0. The van der Waals surface area contributed by atoms with Gasteiger partial charge in [0.25, 0.3) is 0 Å². The number of anilines is 1. The van der Waals surface area contributed by atoms with E-state index in [2.05, 4.69) is 32.7 Å². The highest BCUT2D eigenvalue weighted by atomic mass is 16.5. The molecule has 7 heteroatoms. The van der Waals surface area contributed by atoms with Gasteiger partial charge in [-0.2, -0.15) is 20.5 Å². The van der Waals surface area contributed by atoms with Crippen LogP contribution in [-0.2, 0) is 4.74 Å². The van der Waals surface area contributed by atoms with Gasteiger partial charge in [-0.3, -0.25) is 4.79 Å². The number of nitrogens with one attached hydrogen (secondary N) is 1. The van der Waals surface area contributed by atoms with Crippen LogP contribution < -0.4 is 5.32 Å². The average molecular weight is 430 g/mol. The van der Waals surface area contributed by atoms with Gasteiger partial charge in [-0.25, -0.2) is 0 Å². The summed E-state index contributed by atoms with van der Waals surface area (Å²) in [6.07, 6.45) is 0.375. The maximum atomic E-state index is 12.1. The van der Waals surface area contributed by atoms with E-state index in [1.165, 1.54) is 0 Å². The second-order valence-electron chi connectivity index (χ2n) is 6.91. The molecule has 0 amide bonds. The van der Waals surface area contributed by atoms with Gasteiger partial charge >= 0.3 is 0 Å². The maximum absolute atomic E-state index is 12.1. The molecule has 3 aromatic carbocycles. The van der Waals surface area contributed by atoms with Gasteiger partial charge in [0.2, 0.25) is 0 Å². The zero-order valence-electron chi connectivity index (χ0n) is 18.4. The molecular formula is C25H27N5O2. The van der Waals surface area contributed by atoms with Crippen molar-refractivity contribution >= 4 is 34.2 Å². The lowest BCUT2D eigenvalue weighted by Gasteiger charge is -2.02. The van der Waals surface area contributed by atoms with Crippen LogP contribution in [0.2, 0.25) is 0 Å². The number of ketones is 1. The highest BCUT2D eigenvalue weighted by molar-refractivity contribution is 5.96. The molecule has 0 aliphatic carbocycles. The highest BCUT2D eigenvalue weighted by Gasteiger charge is 2.05. The Labute approximate surface area is 188 Å². The second-order valence-corrected chi connectivity index (χ2v) is 6.91. The van der Waals surface area contributed by atoms with Crippen LogP contribution in [-0.4, -0.2) is 25.5 Å². The maximum Gasteiger partial charge on any atom is 0.165 e. The molecule has 0 bridgehead atoms. The summed E-state index contributed by atoms with van der Waals surface area (Å²) in [5, 5.41) is 20.2. The predicted molar refractivity (Wildman–Crippen MR) is 127 cm³/mol. The van der Waals surface area contributed by atoms with Crippen LogP contribution >= 0.6 is 0 Å². The standard InChI is InChI=1S/C25H27N5O2/c1-3-26-20-9-11-22(12-10-20)28-30-24-15-13-23(14-16-24)29-27-21-7-5-19(6-8-21)25(31)17-18-32-4-2/h5-16,26H,3-4,17-18H2,1-2H3. The van der Waals surface area contributed by atoms with E-state index in [1.807, 2.05) is 55.5 Å². The average Bonchev–Trinajstić information content (AvgIpc) is 2.83.